The number of imide groups is 2. The maximum absolute atomic E-state index is 13.0. The molecule has 0 bridgehead atoms. The fourth-order valence-electron chi connectivity index (χ4n) is 4.37. The van der Waals surface area contributed by atoms with Gasteiger partial charge in [0.15, 0.2) is 0 Å². The Morgan fingerprint density at radius 3 is 2.40 bits per heavy atom. The van der Waals surface area contributed by atoms with E-state index in [-0.39, 0.29) is 18.7 Å². The van der Waals surface area contributed by atoms with Gasteiger partial charge in [-0.25, -0.2) is 0 Å². The summed E-state index contributed by atoms with van der Waals surface area (Å²) < 4.78 is 0. The normalized spacial score (nSPS) is 22.5. The van der Waals surface area contributed by atoms with E-state index in [0.717, 1.165) is 62.7 Å². The number of unbranched alkanes of at least 4 members (excludes halogenated alkanes) is 1. The van der Waals surface area contributed by atoms with E-state index in [9.17, 15) is 19.2 Å². The Morgan fingerprint density at radius 1 is 0.967 bits per heavy atom. The van der Waals surface area contributed by atoms with Gasteiger partial charge in [-0.15, -0.1) is 0 Å². The van der Waals surface area contributed by atoms with Crippen molar-refractivity contribution in [2.75, 3.05) is 44.2 Å². The summed E-state index contributed by atoms with van der Waals surface area (Å²) in [6, 6.07) is 4.36. The van der Waals surface area contributed by atoms with Crippen LogP contribution in [0, 0.1) is 0 Å². The number of amides is 4. The van der Waals surface area contributed by atoms with Crippen molar-refractivity contribution in [1.29, 1.82) is 0 Å². The molecule has 3 aliphatic rings. The maximum Gasteiger partial charge on any atom is 0.262 e. The first kappa shape index (κ1) is 20.5. The van der Waals surface area contributed by atoms with Crippen LogP contribution in [-0.4, -0.2) is 78.7 Å². The van der Waals surface area contributed by atoms with Gasteiger partial charge in [0.05, 0.1) is 11.1 Å². The van der Waals surface area contributed by atoms with Gasteiger partial charge in [0.1, 0.15) is 6.04 Å². The highest BCUT2D eigenvalue weighted by atomic mass is 16.2. The molecule has 1 atom stereocenters. The average molecular weight is 413 g/mol. The molecule has 0 aromatic heterocycles. The number of piperidine rings is 1. The molecule has 4 rings (SSSR count). The number of carbonyl (C=O) groups excluding carboxylic acids is 4. The molecule has 2 saturated heterocycles. The van der Waals surface area contributed by atoms with E-state index in [4.69, 9.17) is 5.73 Å². The van der Waals surface area contributed by atoms with Gasteiger partial charge in [0, 0.05) is 38.3 Å². The molecule has 3 heterocycles. The summed E-state index contributed by atoms with van der Waals surface area (Å²) in [7, 11) is 0. The summed E-state index contributed by atoms with van der Waals surface area (Å²) in [5.74, 6) is -1.91. The zero-order valence-corrected chi connectivity index (χ0v) is 16.9. The minimum Gasteiger partial charge on any atom is -0.369 e. The van der Waals surface area contributed by atoms with Crippen LogP contribution in [0.25, 0.3) is 0 Å². The minimum atomic E-state index is -0.935. The largest absolute Gasteiger partial charge is 0.369 e. The maximum atomic E-state index is 13.0. The zero-order chi connectivity index (χ0) is 21.3. The summed E-state index contributed by atoms with van der Waals surface area (Å²) in [5, 5.41) is 2.22. The smallest absolute Gasteiger partial charge is 0.262 e. The fourth-order valence-corrected chi connectivity index (χ4v) is 4.37. The summed E-state index contributed by atoms with van der Waals surface area (Å²) in [6.45, 7) is 5.34. The molecule has 0 aliphatic carbocycles. The molecule has 1 aromatic rings. The molecule has 30 heavy (non-hydrogen) atoms. The van der Waals surface area contributed by atoms with Crippen LogP contribution >= 0.6 is 0 Å². The lowest BCUT2D eigenvalue weighted by molar-refractivity contribution is -0.136. The van der Waals surface area contributed by atoms with Crippen LogP contribution in [0.2, 0.25) is 0 Å². The third-order valence-electron chi connectivity index (χ3n) is 6.09. The lowest BCUT2D eigenvalue weighted by Gasteiger charge is -2.36. The Balaban J connectivity index is 1.45. The predicted octanol–water partition coefficient (Wildman–Crippen LogP) is -0.0513. The lowest BCUT2D eigenvalue weighted by Crippen LogP contribution is -2.54. The van der Waals surface area contributed by atoms with Gasteiger partial charge in [-0.2, -0.15) is 0 Å². The Kier molecular flexibility index (Phi) is 5.83. The van der Waals surface area contributed by atoms with E-state index in [0.29, 0.717) is 11.1 Å². The Morgan fingerprint density at radius 2 is 1.70 bits per heavy atom. The highest BCUT2D eigenvalue weighted by Crippen LogP contribution is 2.31. The Bertz CT molecular complexity index is 878. The SMILES string of the molecule is NCCCCN1CCN(c2ccc3c(c2)C(=O)N(C2CCC(=O)NC2=O)C3=O)CC1. The quantitative estimate of drug-likeness (QED) is 0.496. The molecule has 1 unspecified atom stereocenters. The van der Waals surface area contributed by atoms with Crippen LogP contribution in [0.5, 0.6) is 0 Å². The molecule has 2 fully saturated rings. The van der Waals surface area contributed by atoms with Crippen molar-refractivity contribution < 1.29 is 19.2 Å². The highest BCUT2D eigenvalue weighted by molar-refractivity contribution is 6.23. The average Bonchev–Trinajstić information content (AvgIpc) is 2.99. The van der Waals surface area contributed by atoms with Crippen molar-refractivity contribution in [2.45, 2.75) is 31.7 Å². The molecule has 4 amide bonds. The molecule has 0 radical (unpaired) electrons. The first-order valence-electron chi connectivity index (χ1n) is 10.5. The number of carbonyl (C=O) groups is 4. The van der Waals surface area contributed by atoms with E-state index in [2.05, 4.69) is 15.1 Å². The van der Waals surface area contributed by atoms with Gasteiger partial charge in [-0.05, 0) is 50.6 Å². The number of anilines is 1. The van der Waals surface area contributed by atoms with E-state index in [1.807, 2.05) is 6.07 Å². The molecule has 0 saturated carbocycles. The van der Waals surface area contributed by atoms with E-state index in [1.54, 1.807) is 12.1 Å². The molecule has 160 valence electrons. The molecular weight excluding hydrogens is 386 g/mol. The molecule has 1 aromatic carbocycles. The van der Waals surface area contributed by atoms with Crippen LogP contribution in [0.3, 0.4) is 0 Å². The first-order chi connectivity index (χ1) is 14.5. The first-order valence-corrected chi connectivity index (χ1v) is 10.5. The van der Waals surface area contributed by atoms with Gasteiger partial charge in [-0.3, -0.25) is 34.3 Å². The van der Waals surface area contributed by atoms with Gasteiger partial charge >= 0.3 is 0 Å². The number of nitrogens with zero attached hydrogens (tertiary/aromatic N) is 3. The number of hydrogen-bond acceptors (Lipinski definition) is 7. The number of nitrogens with two attached hydrogens (primary N) is 1. The van der Waals surface area contributed by atoms with Gasteiger partial charge in [0.2, 0.25) is 11.8 Å². The third kappa shape index (κ3) is 3.82. The second-order valence-electron chi connectivity index (χ2n) is 8.00. The molecule has 3 N–H and O–H groups in total. The molecule has 0 spiro atoms. The standard InChI is InChI=1S/C21H27N5O4/c22-7-1-2-8-24-9-11-25(12-10-24)14-3-4-15-16(13-14)21(30)26(20(15)29)17-5-6-18(27)23-19(17)28/h3-4,13,17H,1-2,5-12,22H2,(H,23,27,28). The second-order valence-corrected chi connectivity index (χ2v) is 8.00. The second kappa shape index (κ2) is 8.53. The van der Waals surface area contributed by atoms with Crippen molar-refractivity contribution in [1.82, 2.24) is 15.1 Å². The van der Waals surface area contributed by atoms with Crippen molar-refractivity contribution >= 4 is 29.3 Å². The lowest BCUT2D eigenvalue weighted by atomic mass is 10.0. The molecule has 3 aliphatic heterocycles. The van der Waals surface area contributed by atoms with Gasteiger partial charge in [0.25, 0.3) is 11.8 Å². The predicted molar refractivity (Wildman–Crippen MR) is 110 cm³/mol. The van der Waals surface area contributed by atoms with Crippen molar-refractivity contribution in [2.24, 2.45) is 5.73 Å². The van der Waals surface area contributed by atoms with Crippen LogP contribution in [-0.2, 0) is 9.59 Å². The molecule has 9 nitrogen and oxygen atoms in total. The van der Waals surface area contributed by atoms with Crippen LogP contribution in [0.15, 0.2) is 18.2 Å². The third-order valence-corrected chi connectivity index (χ3v) is 6.09. The van der Waals surface area contributed by atoms with E-state index < -0.39 is 23.8 Å². The van der Waals surface area contributed by atoms with Crippen LogP contribution in [0.1, 0.15) is 46.4 Å². The van der Waals surface area contributed by atoms with E-state index in [1.165, 1.54) is 0 Å². The van der Waals surface area contributed by atoms with E-state index >= 15 is 0 Å². The number of benzene rings is 1. The summed E-state index contributed by atoms with van der Waals surface area (Å²) >= 11 is 0. The fraction of sp³-hybridized carbons (Fsp3) is 0.524. The van der Waals surface area contributed by atoms with Crippen molar-refractivity contribution in [3.8, 4) is 0 Å². The summed E-state index contributed by atoms with van der Waals surface area (Å²) in [6.07, 6.45) is 2.41. The van der Waals surface area contributed by atoms with Crippen molar-refractivity contribution in [3.63, 3.8) is 0 Å². The molecular formula is C21H27N5O4. The zero-order valence-electron chi connectivity index (χ0n) is 16.9. The minimum absolute atomic E-state index is 0.116. The molecule has 9 heteroatoms. The number of rotatable bonds is 6. The Labute approximate surface area is 175 Å². The summed E-state index contributed by atoms with van der Waals surface area (Å²) in [4.78, 5) is 55.0. The highest BCUT2D eigenvalue weighted by Gasteiger charge is 2.44. The number of hydrogen-bond donors (Lipinski definition) is 2. The monoisotopic (exact) mass is 413 g/mol. The van der Waals surface area contributed by atoms with Crippen molar-refractivity contribution in [3.05, 3.63) is 29.3 Å². The Hall–Kier alpha value is -2.78. The number of piperazine rings is 1. The van der Waals surface area contributed by atoms with Gasteiger partial charge < -0.3 is 10.6 Å². The summed E-state index contributed by atoms with van der Waals surface area (Å²) in [5.41, 5.74) is 7.10. The number of fused-ring (bicyclic) bond motifs is 1. The van der Waals surface area contributed by atoms with Gasteiger partial charge in [-0.1, -0.05) is 0 Å². The van der Waals surface area contributed by atoms with Crippen LogP contribution < -0.4 is 16.0 Å². The number of nitrogens with one attached hydrogen (secondary N) is 1. The topological polar surface area (TPSA) is 116 Å². The van der Waals surface area contributed by atoms with Crippen LogP contribution in [0.4, 0.5) is 5.69 Å².